The largest absolute Gasteiger partial charge is 1.00 e. The molecule has 0 radical (unpaired) electrons. The Morgan fingerprint density at radius 2 is 1.06 bits per heavy atom. The Kier molecular flexibility index (Phi) is 12.9. The average molecular weight is 262 g/mol. The number of hydrogen-bond donors (Lipinski definition) is 0. The van der Waals surface area contributed by atoms with Crippen LogP contribution in [0, 0.1) is 17.8 Å². The van der Waals surface area contributed by atoms with Crippen LogP contribution >= 0.6 is 0 Å². The van der Waals surface area contributed by atoms with E-state index in [-0.39, 0.29) is 18.9 Å². The maximum absolute atomic E-state index is 2.43. The summed E-state index contributed by atoms with van der Waals surface area (Å²) < 4.78 is 0. The van der Waals surface area contributed by atoms with Crippen LogP contribution in [0.1, 0.15) is 61.3 Å². The van der Waals surface area contributed by atoms with Crippen LogP contribution in [-0.4, -0.2) is 13.1 Å². The van der Waals surface area contributed by atoms with Crippen LogP contribution in [0.15, 0.2) is 0 Å². The molecule has 2 heteroatoms. The topological polar surface area (TPSA) is 0 Å². The van der Waals surface area contributed by atoms with Crippen LogP contribution in [-0.2, 0) is 0 Å². The molecule has 0 aromatic rings. The molecule has 0 aliphatic rings. The van der Waals surface area contributed by atoms with E-state index in [1.165, 1.54) is 12.8 Å². The second-order valence-corrected chi connectivity index (χ2v) is 13.2. The van der Waals surface area contributed by atoms with Gasteiger partial charge in [-0.2, -0.15) is 21.1 Å². The quantitative estimate of drug-likeness (QED) is 0.560. The monoisotopic (exact) mass is 262 g/mol. The molecule has 0 aromatic heterocycles. The third-order valence-corrected chi connectivity index (χ3v) is 11.5. The van der Waals surface area contributed by atoms with Crippen LogP contribution in [0.4, 0.5) is 0 Å². The van der Waals surface area contributed by atoms with Gasteiger partial charge in [0.1, 0.15) is 13.1 Å². The van der Waals surface area contributed by atoms with E-state index < -0.39 is 13.1 Å². The van der Waals surface area contributed by atoms with E-state index in [1.54, 1.807) is 21.1 Å². The maximum atomic E-state index is 2.43. The van der Waals surface area contributed by atoms with Crippen molar-refractivity contribution in [2.45, 2.75) is 82.4 Å². The molecule has 104 valence electrons. The SMILES string of the molecule is CCC[CH2][Al-]([CH2]C(C)C)([CH2]C(C)C)[CH2]C(C)C.[Li+]. The molecule has 0 spiro atoms. The Morgan fingerprint density at radius 1 is 0.722 bits per heavy atom. The van der Waals surface area contributed by atoms with Gasteiger partial charge in [-0.3, -0.25) is 0 Å². The van der Waals surface area contributed by atoms with Gasteiger partial charge >= 0.3 is 18.9 Å². The number of rotatable bonds is 9. The average Bonchev–Trinajstić information content (AvgIpc) is 2.11. The molecule has 0 fully saturated rings. The first-order chi connectivity index (χ1) is 7.81. The van der Waals surface area contributed by atoms with E-state index in [1.807, 2.05) is 0 Å². The van der Waals surface area contributed by atoms with Crippen molar-refractivity contribution in [1.82, 2.24) is 0 Å². The van der Waals surface area contributed by atoms with Gasteiger partial charge in [-0.15, -0.1) is 0 Å². The molecule has 0 saturated carbocycles. The second kappa shape index (κ2) is 10.9. The number of unbranched alkanes of at least 4 members (excludes halogenated alkanes) is 1. The third-order valence-electron chi connectivity index (χ3n) is 4.08. The summed E-state index contributed by atoms with van der Waals surface area (Å²) in [5.41, 5.74) is 0. The van der Waals surface area contributed by atoms with Crippen molar-refractivity contribution >= 4 is 13.1 Å². The Balaban J connectivity index is 0. The van der Waals surface area contributed by atoms with Gasteiger partial charge in [0.15, 0.2) is 0 Å². The summed E-state index contributed by atoms with van der Waals surface area (Å²) in [6.45, 7) is 16.9. The Labute approximate surface area is 132 Å². The molecule has 0 saturated heterocycles. The Morgan fingerprint density at radius 3 is 1.28 bits per heavy atom. The van der Waals surface area contributed by atoms with Crippen LogP contribution in [0.25, 0.3) is 0 Å². The summed E-state index contributed by atoms with van der Waals surface area (Å²) in [4.78, 5) is 0. The molecule has 0 aliphatic heterocycles. The van der Waals surface area contributed by atoms with Gasteiger partial charge in [0.05, 0.1) is 0 Å². The zero-order valence-electron chi connectivity index (χ0n) is 14.6. The van der Waals surface area contributed by atoms with E-state index in [2.05, 4.69) is 48.5 Å². The van der Waals surface area contributed by atoms with E-state index in [9.17, 15) is 0 Å². The molecule has 0 heterocycles. The summed E-state index contributed by atoms with van der Waals surface area (Å²) >= 11 is -1.33. The van der Waals surface area contributed by atoms with Gasteiger partial charge in [-0.05, 0) is 0 Å². The van der Waals surface area contributed by atoms with Crippen molar-refractivity contribution < 1.29 is 18.9 Å². The van der Waals surface area contributed by atoms with E-state index >= 15 is 0 Å². The minimum Gasteiger partial charge on any atom is -0.191 e. The molecular weight excluding hydrogens is 226 g/mol. The van der Waals surface area contributed by atoms with Crippen LogP contribution in [0.2, 0.25) is 21.1 Å². The first kappa shape index (κ1) is 21.4. The van der Waals surface area contributed by atoms with E-state index in [0.29, 0.717) is 0 Å². The summed E-state index contributed by atoms with van der Waals surface area (Å²) in [6, 6.07) is 0. The molecular formula is C16H36AlLi. The zero-order valence-corrected chi connectivity index (χ0v) is 15.7. The minimum atomic E-state index is -1.33. The molecule has 0 aliphatic carbocycles. The molecule has 0 aromatic carbocycles. The molecule has 0 rings (SSSR count). The van der Waals surface area contributed by atoms with Crippen molar-refractivity contribution in [3.05, 3.63) is 0 Å². The fourth-order valence-corrected chi connectivity index (χ4v) is 12.8. The smallest absolute Gasteiger partial charge is 0.191 e. The summed E-state index contributed by atoms with van der Waals surface area (Å²) in [7, 11) is 0. The van der Waals surface area contributed by atoms with E-state index in [0.717, 1.165) is 17.8 Å². The molecule has 0 unspecified atom stereocenters. The van der Waals surface area contributed by atoms with Crippen molar-refractivity contribution in [2.75, 3.05) is 0 Å². The zero-order chi connectivity index (χ0) is 13.5. The van der Waals surface area contributed by atoms with Crippen LogP contribution in [0.3, 0.4) is 0 Å². The van der Waals surface area contributed by atoms with Gasteiger partial charge in [-0.1, -0.05) is 79.1 Å². The molecule has 18 heavy (non-hydrogen) atoms. The van der Waals surface area contributed by atoms with Gasteiger partial charge in [0, 0.05) is 0 Å². The van der Waals surface area contributed by atoms with Crippen molar-refractivity contribution in [2.24, 2.45) is 17.8 Å². The maximum Gasteiger partial charge on any atom is 1.00 e. The third kappa shape index (κ3) is 9.98. The van der Waals surface area contributed by atoms with Crippen molar-refractivity contribution in [3.63, 3.8) is 0 Å². The molecule has 0 nitrogen and oxygen atoms in total. The van der Waals surface area contributed by atoms with Crippen LogP contribution < -0.4 is 18.9 Å². The van der Waals surface area contributed by atoms with Gasteiger partial charge in [0.25, 0.3) is 0 Å². The van der Waals surface area contributed by atoms with Crippen LogP contribution in [0.5, 0.6) is 0 Å². The predicted molar refractivity (Wildman–Crippen MR) is 84.4 cm³/mol. The summed E-state index contributed by atoms with van der Waals surface area (Å²) in [5.74, 6) is 2.73. The summed E-state index contributed by atoms with van der Waals surface area (Å²) in [6.07, 6.45) is 2.87. The summed E-state index contributed by atoms with van der Waals surface area (Å²) in [5, 5.41) is 6.37. The minimum absolute atomic E-state index is 0. The fourth-order valence-electron chi connectivity index (χ4n) is 4.28. The van der Waals surface area contributed by atoms with Gasteiger partial charge in [0.2, 0.25) is 0 Å². The van der Waals surface area contributed by atoms with Gasteiger partial charge < -0.3 is 0 Å². The second-order valence-electron chi connectivity index (χ2n) is 7.76. The Hall–Kier alpha value is 1.13. The standard InChI is InChI=1S/4C4H9.Al.Li/c3*1-4(2)3;1-3-4-2;;/h3*4H,1H2,2-3H3;1,3-4H2,2H3;;/q;;;;-1;+1. The predicted octanol–water partition coefficient (Wildman–Crippen LogP) is 3.21. The van der Waals surface area contributed by atoms with Crippen molar-refractivity contribution in [1.29, 1.82) is 0 Å². The first-order valence-corrected chi connectivity index (χ1v) is 11.3. The van der Waals surface area contributed by atoms with Crippen molar-refractivity contribution in [3.8, 4) is 0 Å². The van der Waals surface area contributed by atoms with Gasteiger partial charge in [-0.25, -0.2) is 0 Å². The van der Waals surface area contributed by atoms with E-state index in [4.69, 9.17) is 0 Å². The first-order valence-electron chi connectivity index (χ1n) is 8.03. The molecule has 0 N–H and O–H groups in total. The number of hydrogen-bond acceptors (Lipinski definition) is 0. The molecule has 0 bridgehead atoms. The fraction of sp³-hybridized carbons (Fsp3) is 1.00. The Bertz CT molecular complexity index is 161. The normalized spacial score (nSPS) is 12.3. The molecule has 0 amide bonds. The molecule has 0 atom stereocenters.